The Labute approximate surface area is 88.7 Å². The summed E-state index contributed by atoms with van der Waals surface area (Å²) < 4.78 is 0. The minimum absolute atomic E-state index is 0.275. The second-order valence-electron chi connectivity index (χ2n) is 3.98. The maximum atomic E-state index is 10.9. The minimum atomic E-state index is -0.275. The highest BCUT2D eigenvalue weighted by Crippen LogP contribution is 2.20. The van der Waals surface area contributed by atoms with Crippen LogP contribution in [0.1, 0.15) is 20.8 Å². The molecule has 0 aromatic carbocycles. The molecule has 0 saturated carbocycles. The van der Waals surface area contributed by atoms with Crippen molar-refractivity contribution in [3.8, 4) is 0 Å². The van der Waals surface area contributed by atoms with E-state index >= 15 is 0 Å². The van der Waals surface area contributed by atoms with Crippen LogP contribution in [-0.4, -0.2) is 16.9 Å². The van der Waals surface area contributed by atoms with Crippen LogP contribution >= 0.6 is 11.6 Å². The highest BCUT2D eigenvalue weighted by molar-refractivity contribution is 6.30. The van der Waals surface area contributed by atoms with Crippen LogP contribution in [-0.2, 0) is 4.79 Å². The molecule has 14 heavy (non-hydrogen) atoms. The summed E-state index contributed by atoms with van der Waals surface area (Å²) in [5, 5.41) is 0.563. The molecule has 3 nitrogen and oxygen atoms in total. The second-order valence-corrected chi connectivity index (χ2v) is 4.42. The molecule has 0 unspecified atom stereocenters. The lowest BCUT2D eigenvalue weighted by molar-refractivity contribution is -0.108. The molecule has 1 rings (SSSR count). The standard InChI is InChI=1S/C10H13ClN2O/c1-10(2,3)13(7-14)9-5-4-8(11)6-12-9/h4-7H,1-3H3. The van der Waals surface area contributed by atoms with Gasteiger partial charge in [0, 0.05) is 11.7 Å². The maximum Gasteiger partial charge on any atom is 0.215 e. The lowest BCUT2D eigenvalue weighted by Gasteiger charge is -2.30. The van der Waals surface area contributed by atoms with E-state index in [1.54, 1.807) is 17.0 Å². The zero-order valence-electron chi connectivity index (χ0n) is 8.49. The molecule has 0 bridgehead atoms. The van der Waals surface area contributed by atoms with Gasteiger partial charge in [-0.1, -0.05) is 11.6 Å². The fourth-order valence-electron chi connectivity index (χ4n) is 1.07. The van der Waals surface area contributed by atoms with Gasteiger partial charge in [-0.2, -0.15) is 0 Å². The molecule has 1 aromatic rings. The number of hydrogen-bond acceptors (Lipinski definition) is 2. The van der Waals surface area contributed by atoms with E-state index < -0.39 is 0 Å². The zero-order chi connectivity index (χ0) is 10.8. The van der Waals surface area contributed by atoms with E-state index in [-0.39, 0.29) is 5.54 Å². The van der Waals surface area contributed by atoms with Gasteiger partial charge >= 0.3 is 0 Å². The fraction of sp³-hybridized carbons (Fsp3) is 0.400. The van der Waals surface area contributed by atoms with Gasteiger partial charge in [0.25, 0.3) is 0 Å². The van der Waals surface area contributed by atoms with Crippen molar-refractivity contribution < 1.29 is 4.79 Å². The van der Waals surface area contributed by atoms with Gasteiger partial charge in [0.1, 0.15) is 5.82 Å². The van der Waals surface area contributed by atoms with Crippen molar-refractivity contribution in [3.63, 3.8) is 0 Å². The van der Waals surface area contributed by atoms with Crippen molar-refractivity contribution in [2.75, 3.05) is 4.90 Å². The topological polar surface area (TPSA) is 33.2 Å². The molecule has 4 heteroatoms. The smallest absolute Gasteiger partial charge is 0.215 e. The highest BCUT2D eigenvalue weighted by Gasteiger charge is 2.21. The number of nitrogens with zero attached hydrogens (tertiary/aromatic N) is 2. The van der Waals surface area contributed by atoms with Crippen LogP contribution in [0, 0.1) is 0 Å². The Morgan fingerprint density at radius 1 is 1.43 bits per heavy atom. The predicted octanol–water partition coefficient (Wildman–Crippen LogP) is 2.50. The normalized spacial score (nSPS) is 11.1. The first-order chi connectivity index (χ1) is 6.45. The Hall–Kier alpha value is -1.09. The fourth-order valence-corrected chi connectivity index (χ4v) is 1.18. The van der Waals surface area contributed by atoms with Gasteiger partial charge in [-0.05, 0) is 32.9 Å². The first-order valence-electron chi connectivity index (χ1n) is 4.31. The Bertz CT molecular complexity index is 316. The van der Waals surface area contributed by atoms with Crippen molar-refractivity contribution >= 4 is 23.8 Å². The summed E-state index contributed by atoms with van der Waals surface area (Å²) in [4.78, 5) is 16.5. The molecule has 1 amide bonds. The van der Waals surface area contributed by atoms with Gasteiger partial charge in [-0.25, -0.2) is 4.98 Å². The number of rotatable bonds is 2. The van der Waals surface area contributed by atoms with Crippen LogP contribution in [0.4, 0.5) is 5.82 Å². The van der Waals surface area contributed by atoms with Crippen molar-refractivity contribution in [1.82, 2.24) is 4.98 Å². The zero-order valence-corrected chi connectivity index (χ0v) is 9.25. The summed E-state index contributed by atoms with van der Waals surface area (Å²) in [6.45, 7) is 5.83. The van der Waals surface area contributed by atoms with Gasteiger partial charge in [0.05, 0.1) is 5.02 Å². The average Bonchev–Trinajstić information content (AvgIpc) is 2.07. The molecule has 0 aliphatic rings. The number of carbonyl (C=O) groups excluding carboxylic acids is 1. The second kappa shape index (κ2) is 3.96. The first-order valence-corrected chi connectivity index (χ1v) is 4.69. The van der Waals surface area contributed by atoms with Crippen LogP contribution in [0.15, 0.2) is 18.3 Å². The number of hydrogen-bond donors (Lipinski definition) is 0. The van der Waals surface area contributed by atoms with Crippen LogP contribution in [0.2, 0.25) is 5.02 Å². The molecule has 0 saturated heterocycles. The van der Waals surface area contributed by atoms with Crippen molar-refractivity contribution in [3.05, 3.63) is 23.4 Å². The molecular formula is C10H13ClN2O. The van der Waals surface area contributed by atoms with E-state index in [9.17, 15) is 4.79 Å². The Kier molecular flexibility index (Phi) is 3.11. The molecule has 0 fully saturated rings. The van der Waals surface area contributed by atoms with Crippen LogP contribution in [0.5, 0.6) is 0 Å². The molecular weight excluding hydrogens is 200 g/mol. The third kappa shape index (κ3) is 2.45. The van der Waals surface area contributed by atoms with Crippen LogP contribution in [0.3, 0.4) is 0 Å². The summed E-state index contributed by atoms with van der Waals surface area (Å²) in [5.41, 5.74) is -0.275. The molecule has 76 valence electrons. The first kappa shape index (κ1) is 11.0. The molecule has 0 N–H and O–H groups in total. The van der Waals surface area contributed by atoms with Gasteiger partial charge in [-0.15, -0.1) is 0 Å². The molecule has 0 radical (unpaired) electrons. The Morgan fingerprint density at radius 3 is 2.43 bits per heavy atom. The van der Waals surface area contributed by atoms with Crippen molar-refractivity contribution in [2.45, 2.75) is 26.3 Å². The summed E-state index contributed by atoms with van der Waals surface area (Å²) in [5.74, 6) is 0.608. The monoisotopic (exact) mass is 212 g/mol. The maximum absolute atomic E-state index is 10.9. The van der Waals surface area contributed by atoms with E-state index in [2.05, 4.69) is 4.98 Å². The largest absolute Gasteiger partial charge is 0.294 e. The van der Waals surface area contributed by atoms with Gasteiger partial charge in [0.2, 0.25) is 6.41 Å². The number of halogens is 1. The van der Waals surface area contributed by atoms with Crippen LogP contribution < -0.4 is 4.90 Å². The summed E-state index contributed by atoms with van der Waals surface area (Å²) in [6, 6.07) is 3.44. The number of amides is 1. The minimum Gasteiger partial charge on any atom is -0.294 e. The predicted molar refractivity (Wildman–Crippen MR) is 57.5 cm³/mol. The molecule has 0 aliphatic carbocycles. The Balaban J connectivity index is 3.02. The third-order valence-electron chi connectivity index (χ3n) is 1.79. The van der Waals surface area contributed by atoms with E-state index in [4.69, 9.17) is 11.6 Å². The SMILES string of the molecule is CC(C)(C)N(C=O)c1ccc(Cl)cn1. The van der Waals surface area contributed by atoms with E-state index in [0.29, 0.717) is 10.8 Å². The molecule has 1 aromatic heterocycles. The highest BCUT2D eigenvalue weighted by atomic mass is 35.5. The lowest BCUT2D eigenvalue weighted by atomic mass is 10.1. The summed E-state index contributed by atoms with van der Waals surface area (Å²) >= 11 is 5.70. The van der Waals surface area contributed by atoms with E-state index in [1.165, 1.54) is 6.20 Å². The van der Waals surface area contributed by atoms with Gasteiger partial charge in [0.15, 0.2) is 0 Å². The molecule has 0 spiro atoms. The number of carbonyl (C=O) groups is 1. The van der Waals surface area contributed by atoms with Crippen LogP contribution in [0.25, 0.3) is 0 Å². The summed E-state index contributed by atoms with van der Waals surface area (Å²) in [6.07, 6.45) is 2.30. The average molecular weight is 213 g/mol. The Morgan fingerprint density at radius 2 is 2.07 bits per heavy atom. The summed E-state index contributed by atoms with van der Waals surface area (Å²) in [7, 11) is 0. The quantitative estimate of drug-likeness (QED) is 0.706. The molecule has 1 heterocycles. The number of pyridine rings is 1. The van der Waals surface area contributed by atoms with E-state index in [0.717, 1.165) is 6.41 Å². The van der Waals surface area contributed by atoms with Crippen molar-refractivity contribution in [1.29, 1.82) is 0 Å². The van der Waals surface area contributed by atoms with Crippen molar-refractivity contribution in [2.24, 2.45) is 0 Å². The van der Waals surface area contributed by atoms with E-state index in [1.807, 2.05) is 20.8 Å². The van der Waals surface area contributed by atoms with Gasteiger partial charge in [-0.3, -0.25) is 9.69 Å². The number of anilines is 1. The third-order valence-corrected chi connectivity index (χ3v) is 2.01. The molecule has 0 atom stereocenters. The van der Waals surface area contributed by atoms with Gasteiger partial charge < -0.3 is 0 Å². The lowest BCUT2D eigenvalue weighted by Crippen LogP contribution is -2.40. The number of aromatic nitrogens is 1. The molecule has 0 aliphatic heterocycles.